The first-order valence-electron chi connectivity index (χ1n) is 19.4. The number of carbonyl (C=O) groups excluding carboxylic acids is 6. The molecule has 14 nitrogen and oxygen atoms in total. The Kier molecular flexibility index (Phi) is 16.4. The quantitative estimate of drug-likeness (QED) is 0.115. The molecule has 4 rings (SSSR count). The second-order valence-corrected chi connectivity index (χ2v) is 15.2. The van der Waals surface area contributed by atoms with Crippen molar-refractivity contribution in [1.82, 2.24) is 25.8 Å². The van der Waals surface area contributed by atoms with Crippen molar-refractivity contribution in [3.05, 3.63) is 84.4 Å². The maximum Gasteiger partial charge on any atom is 0.407 e. The number of nitrogens with zero attached hydrogens (tertiary/aromatic N) is 2. The molecule has 56 heavy (non-hydrogen) atoms. The summed E-state index contributed by atoms with van der Waals surface area (Å²) < 4.78 is 16.7. The second kappa shape index (κ2) is 21.2. The largest absolute Gasteiger partial charge is 0.458 e. The third-order valence-electron chi connectivity index (χ3n) is 9.63. The third-order valence-corrected chi connectivity index (χ3v) is 9.63. The van der Waals surface area contributed by atoms with E-state index < -0.39 is 65.5 Å². The fourth-order valence-corrected chi connectivity index (χ4v) is 6.89. The van der Waals surface area contributed by atoms with Crippen LogP contribution in [0.25, 0.3) is 0 Å². The minimum atomic E-state index is -1.09. The number of hydrogen-bond acceptors (Lipinski definition) is 9. The van der Waals surface area contributed by atoms with Gasteiger partial charge in [-0.1, -0.05) is 66.7 Å². The number of unbranched alkanes of at least 4 members (excludes halogenated alkanes) is 1. The summed E-state index contributed by atoms with van der Waals surface area (Å²) in [6.45, 7) is 11.5. The molecule has 5 amide bonds. The Labute approximate surface area is 329 Å². The summed E-state index contributed by atoms with van der Waals surface area (Å²) in [6.07, 6.45) is 3.66. The molecule has 0 unspecified atom stereocenters. The highest BCUT2D eigenvalue weighted by Gasteiger charge is 2.45. The standard InChI is InChI=1S/C42H57N5O9/c1-6-32-22-25-47(39(51)36(32)45-37(49)33(44-29(2)48)28-54-26-30-16-9-7-10-17-30)34(38(50)46-24-15-21-35(46)40(52)56-42(3,4)5)20-13-14-23-43-41(53)55-27-31-18-11-8-12-19-31/h6-12,16-19,32-36H,1,13-15,20-28H2,2-5H3,(H,43,53)(H,44,48)(H,45,49)/t32-,33+,34+,35+,36+/m1/s1. The van der Waals surface area contributed by atoms with Gasteiger partial charge in [-0.05, 0) is 70.4 Å². The number of hydrogen-bond donors (Lipinski definition) is 3. The zero-order chi connectivity index (χ0) is 40.7. The van der Waals surface area contributed by atoms with Crippen molar-refractivity contribution >= 4 is 35.7 Å². The summed E-state index contributed by atoms with van der Waals surface area (Å²) in [4.78, 5) is 83.2. The van der Waals surface area contributed by atoms with Crippen LogP contribution in [0.3, 0.4) is 0 Å². The fourth-order valence-electron chi connectivity index (χ4n) is 6.89. The Bertz CT molecular complexity index is 1650. The van der Waals surface area contributed by atoms with Crippen molar-refractivity contribution in [2.24, 2.45) is 5.92 Å². The zero-order valence-corrected chi connectivity index (χ0v) is 33.0. The molecule has 5 atom stereocenters. The molecule has 0 aromatic heterocycles. The molecular formula is C42H57N5O9. The van der Waals surface area contributed by atoms with Crippen LogP contribution in [0.5, 0.6) is 0 Å². The van der Waals surface area contributed by atoms with Crippen LogP contribution in [0.1, 0.15) is 77.3 Å². The maximum atomic E-state index is 14.5. The molecule has 304 valence electrons. The second-order valence-electron chi connectivity index (χ2n) is 15.2. The number of ether oxygens (including phenoxy) is 3. The van der Waals surface area contributed by atoms with Gasteiger partial charge in [0.15, 0.2) is 0 Å². The van der Waals surface area contributed by atoms with E-state index in [1.807, 2.05) is 60.7 Å². The van der Waals surface area contributed by atoms with Gasteiger partial charge in [-0.3, -0.25) is 19.2 Å². The summed E-state index contributed by atoms with van der Waals surface area (Å²) in [7, 11) is 0. The highest BCUT2D eigenvalue weighted by atomic mass is 16.6. The number of likely N-dealkylation sites (tertiary alicyclic amines) is 2. The first-order valence-corrected chi connectivity index (χ1v) is 19.4. The van der Waals surface area contributed by atoms with Crippen molar-refractivity contribution in [2.45, 2.75) is 109 Å². The highest BCUT2D eigenvalue weighted by Crippen LogP contribution is 2.28. The molecule has 3 N–H and O–H groups in total. The lowest BCUT2D eigenvalue weighted by Crippen LogP contribution is -2.63. The molecule has 2 aromatic rings. The molecule has 0 spiro atoms. The highest BCUT2D eigenvalue weighted by molar-refractivity contribution is 5.96. The third kappa shape index (κ3) is 13.2. The van der Waals surface area contributed by atoms with Crippen molar-refractivity contribution in [3.8, 4) is 0 Å². The van der Waals surface area contributed by atoms with Gasteiger partial charge in [0.25, 0.3) is 0 Å². The van der Waals surface area contributed by atoms with E-state index in [2.05, 4.69) is 22.5 Å². The number of esters is 1. The number of amides is 5. The van der Waals surface area contributed by atoms with Gasteiger partial charge in [-0.15, -0.1) is 6.58 Å². The Morgan fingerprint density at radius 1 is 0.929 bits per heavy atom. The van der Waals surface area contributed by atoms with E-state index in [1.54, 1.807) is 26.8 Å². The number of nitrogens with one attached hydrogen (secondary N) is 3. The summed E-state index contributed by atoms with van der Waals surface area (Å²) in [5.74, 6) is -2.86. The molecule has 0 aliphatic carbocycles. The first-order chi connectivity index (χ1) is 26.8. The molecule has 2 heterocycles. The Hall–Kier alpha value is -5.24. The van der Waals surface area contributed by atoms with E-state index in [-0.39, 0.29) is 45.2 Å². The van der Waals surface area contributed by atoms with Crippen LogP contribution in [0.15, 0.2) is 73.3 Å². The predicted octanol–water partition coefficient (Wildman–Crippen LogP) is 4.03. The molecule has 2 aliphatic rings. The summed E-state index contributed by atoms with van der Waals surface area (Å²) in [5.41, 5.74) is 0.997. The predicted molar refractivity (Wildman–Crippen MR) is 208 cm³/mol. The molecule has 2 saturated heterocycles. The van der Waals surface area contributed by atoms with Gasteiger partial charge in [-0.25, -0.2) is 9.59 Å². The normalized spacial score (nSPS) is 19.4. The van der Waals surface area contributed by atoms with Crippen molar-refractivity contribution < 1.29 is 43.0 Å². The van der Waals surface area contributed by atoms with Gasteiger partial charge in [-0.2, -0.15) is 0 Å². The lowest BCUT2D eigenvalue weighted by Gasteiger charge is -2.42. The average Bonchev–Trinajstić information content (AvgIpc) is 3.66. The van der Waals surface area contributed by atoms with Crippen LogP contribution in [0.2, 0.25) is 0 Å². The number of rotatable bonds is 18. The van der Waals surface area contributed by atoms with Gasteiger partial charge in [0, 0.05) is 32.5 Å². The maximum absolute atomic E-state index is 14.5. The Morgan fingerprint density at radius 3 is 2.21 bits per heavy atom. The van der Waals surface area contributed by atoms with E-state index in [0.717, 1.165) is 11.1 Å². The van der Waals surface area contributed by atoms with E-state index in [1.165, 1.54) is 16.7 Å². The molecule has 2 fully saturated rings. The number of alkyl carbamates (subject to hydrolysis) is 1. The van der Waals surface area contributed by atoms with Crippen LogP contribution in [-0.4, -0.2) is 102 Å². The number of carbonyl (C=O) groups is 6. The number of piperidine rings is 1. The topological polar surface area (TPSA) is 173 Å². The minimum Gasteiger partial charge on any atom is -0.458 e. The smallest absolute Gasteiger partial charge is 0.407 e. The van der Waals surface area contributed by atoms with Crippen LogP contribution in [-0.2, 0) is 51.4 Å². The van der Waals surface area contributed by atoms with Gasteiger partial charge in [0.05, 0.1) is 13.2 Å². The van der Waals surface area contributed by atoms with E-state index in [4.69, 9.17) is 14.2 Å². The van der Waals surface area contributed by atoms with Crippen molar-refractivity contribution in [2.75, 3.05) is 26.2 Å². The van der Waals surface area contributed by atoms with Crippen molar-refractivity contribution in [1.29, 1.82) is 0 Å². The lowest BCUT2D eigenvalue weighted by molar-refractivity contribution is -0.165. The Balaban J connectivity index is 1.47. The minimum absolute atomic E-state index is 0.130. The molecule has 0 radical (unpaired) electrons. The molecular weight excluding hydrogens is 718 g/mol. The molecule has 2 aliphatic heterocycles. The van der Waals surface area contributed by atoms with Gasteiger partial charge in [0.2, 0.25) is 23.6 Å². The van der Waals surface area contributed by atoms with Gasteiger partial charge < -0.3 is 40.0 Å². The van der Waals surface area contributed by atoms with Crippen LogP contribution >= 0.6 is 0 Å². The SMILES string of the molecule is C=C[C@@H]1CCN([C@@H](CCCCNC(=O)OCc2ccccc2)C(=O)N2CCC[C@H]2C(=O)OC(C)(C)C)C(=O)[C@H]1NC(=O)[C@H](COCc1ccccc1)NC(C)=O. The summed E-state index contributed by atoms with van der Waals surface area (Å²) >= 11 is 0. The van der Waals surface area contributed by atoms with E-state index in [9.17, 15) is 28.8 Å². The average molecular weight is 776 g/mol. The summed E-state index contributed by atoms with van der Waals surface area (Å²) in [5, 5.41) is 8.18. The molecule has 0 saturated carbocycles. The summed E-state index contributed by atoms with van der Waals surface area (Å²) in [6, 6.07) is 14.8. The monoisotopic (exact) mass is 775 g/mol. The first kappa shape index (κ1) is 43.5. The molecule has 0 bridgehead atoms. The zero-order valence-electron chi connectivity index (χ0n) is 33.0. The van der Waals surface area contributed by atoms with Crippen LogP contribution in [0.4, 0.5) is 4.79 Å². The van der Waals surface area contributed by atoms with Gasteiger partial charge >= 0.3 is 12.1 Å². The molecule has 2 aromatic carbocycles. The van der Waals surface area contributed by atoms with Crippen LogP contribution in [0, 0.1) is 5.92 Å². The van der Waals surface area contributed by atoms with Crippen LogP contribution < -0.4 is 16.0 Å². The lowest BCUT2D eigenvalue weighted by atomic mass is 9.88. The fraction of sp³-hybridized carbons (Fsp3) is 0.524. The molecule has 14 heteroatoms. The van der Waals surface area contributed by atoms with Crippen molar-refractivity contribution in [3.63, 3.8) is 0 Å². The number of benzene rings is 2. The van der Waals surface area contributed by atoms with E-state index >= 15 is 0 Å². The Morgan fingerprint density at radius 2 is 1.59 bits per heavy atom. The van der Waals surface area contributed by atoms with Gasteiger partial charge in [0.1, 0.15) is 36.4 Å². The van der Waals surface area contributed by atoms with E-state index in [0.29, 0.717) is 38.6 Å².